The van der Waals surface area contributed by atoms with Crippen LogP contribution in [-0.4, -0.2) is 53.1 Å². The number of para-hydroxylation sites is 1. The molecule has 11 heteroatoms. The Morgan fingerprint density at radius 1 is 1.14 bits per heavy atom. The van der Waals surface area contributed by atoms with Crippen molar-refractivity contribution in [3.8, 4) is 17.0 Å². The number of ether oxygens (including phenoxy) is 2. The van der Waals surface area contributed by atoms with Gasteiger partial charge in [-0.05, 0) is 24.3 Å². The van der Waals surface area contributed by atoms with Crippen molar-refractivity contribution in [1.29, 1.82) is 0 Å². The Morgan fingerprint density at radius 3 is 2.77 bits per heavy atom. The minimum atomic E-state index is -0.618. The fourth-order valence-electron chi connectivity index (χ4n) is 4.03. The number of carbonyl (C=O) groups excluding carboxylic acids is 3. The molecule has 1 N–H and O–H groups in total. The van der Waals surface area contributed by atoms with Crippen molar-refractivity contribution >= 4 is 45.7 Å². The van der Waals surface area contributed by atoms with Crippen LogP contribution in [0.4, 0.5) is 11.6 Å². The maximum atomic E-state index is 13.0. The molecule has 4 aromatic rings. The fourth-order valence-corrected chi connectivity index (χ4v) is 4.87. The molecule has 10 nitrogen and oxygen atoms in total. The molecule has 35 heavy (non-hydrogen) atoms. The van der Waals surface area contributed by atoms with Gasteiger partial charge in [-0.25, -0.2) is 9.31 Å². The lowest BCUT2D eigenvalue weighted by atomic mass is 10.1. The van der Waals surface area contributed by atoms with Gasteiger partial charge in [0.25, 0.3) is 0 Å². The first-order valence-corrected chi connectivity index (χ1v) is 11.6. The summed E-state index contributed by atoms with van der Waals surface area (Å²) >= 11 is 1.40. The zero-order valence-electron chi connectivity index (χ0n) is 18.9. The summed E-state index contributed by atoms with van der Waals surface area (Å²) in [5.41, 5.74) is 2.41. The summed E-state index contributed by atoms with van der Waals surface area (Å²) in [5.74, 6) is -0.896. The van der Waals surface area contributed by atoms with Gasteiger partial charge in [0.1, 0.15) is 5.75 Å². The number of fused-ring (bicyclic) bond motifs is 1. The highest BCUT2D eigenvalue weighted by molar-refractivity contribution is 7.15. The molecule has 0 bridgehead atoms. The van der Waals surface area contributed by atoms with E-state index in [2.05, 4.69) is 15.4 Å². The molecule has 0 radical (unpaired) electrons. The van der Waals surface area contributed by atoms with Gasteiger partial charge in [0.2, 0.25) is 22.7 Å². The summed E-state index contributed by atoms with van der Waals surface area (Å²) in [5, 5.41) is 9.11. The van der Waals surface area contributed by atoms with Crippen LogP contribution in [0.2, 0.25) is 0 Å². The third-order valence-corrected chi connectivity index (χ3v) is 6.59. The Kier molecular flexibility index (Phi) is 5.91. The predicted molar refractivity (Wildman–Crippen MR) is 130 cm³/mol. The zero-order chi connectivity index (χ0) is 24.5. The van der Waals surface area contributed by atoms with Crippen molar-refractivity contribution in [2.45, 2.75) is 6.42 Å². The summed E-state index contributed by atoms with van der Waals surface area (Å²) in [6.07, 6.45) is 0.0125. The summed E-state index contributed by atoms with van der Waals surface area (Å²) in [6, 6.07) is 14.2. The van der Waals surface area contributed by atoms with Gasteiger partial charge in [-0.2, -0.15) is 4.98 Å². The number of methoxy groups -OCH3 is 2. The summed E-state index contributed by atoms with van der Waals surface area (Å²) in [7, 11) is 2.89. The van der Waals surface area contributed by atoms with Crippen LogP contribution in [-0.2, 0) is 14.3 Å². The molecule has 1 fully saturated rings. The lowest BCUT2D eigenvalue weighted by Crippen LogP contribution is -2.29. The molecule has 0 spiro atoms. The van der Waals surface area contributed by atoms with Crippen molar-refractivity contribution < 1.29 is 23.9 Å². The number of aromatic nitrogens is 3. The number of benzene rings is 2. The van der Waals surface area contributed by atoms with E-state index in [0.717, 1.165) is 17.0 Å². The number of hydrogen-bond donors (Lipinski definition) is 1. The Hall–Kier alpha value is -4.25. The third-order valence-electron chi connectivity index (χ3n) is 5.78. The molecule has 1 aliphatic rings. The number of anilines is 2. The smallest absolute Gasteiger partial charge is 0.339 e. The molecule has 178 valence electrons. The van der Waals surface area contributed by atoms with Gasteiger partial charge in [0.15, 0.2) is 0 Å². The van der Waals surface area contributed by atoms with E-state index >= 15 is 0 Å². The highest BCUT2D eigenvalue weighted by Crippen LogP contribution is 2.30. The van der Waals surface area contributed by atoms with Gasteiger partial charge in [-0.1, -0.05) is 24.3 Å². The standard InChI is InChI=1S/C24H21N5O5S/c1-33-16-7-5-6-14(10-16)19-13-35-24-26-23(27-29(19)24)25-21(31)15-11-20(30)28(12-15)18-9-4-3-8-17(18)22(32)34-2/h3-10,13,15H,11-12H2,1-2H3,(H,25,27,31). The van der Waals surface area contributed by atoms with Crippen LogP contribution in [0.5, 0.6) is 5.75 Å². The summed E-state index contributed by atoms with van der Waals surface area (Å²) in [6.45, 7) is 0.135. The number of nitrogens with zero attached hydrogens (tertiary/aromatic N) is 4. The van der Waals surface area contributed by atoms with Crippen LogP contribution < -0.4 is 15.0 Å². The number of esters is 1. The number of nitrogens with one attached hydrogen (secondary N) is 1. The highest BCUT2D eigenvalue weighted by atomic mass is 32.1. The maximum absolute atomic E-state index is 13.0. The van der Waals surface area contributed by atoms with Gasteiger partial charge in [0.05, 0.1) is 37.1 Å². The number of carbonyl (C=O) groups is 3. The second-order valence-electron chi connectivity index (χ2n) is 7.89. The average molecular weight is 492 g/mol. The minimum Gasteiger partial charge on any atom is -0.497 e. The lowest BCUT2D eigenvalue weighted by molar-refractivity contribution is -0.122. The fraction of sp³-hybridized carbons (Fsp3) is 0.208. The van der Waals surface area contributed by atoms with Crippen LogP contribution in [0.1, 0.15) is 16.8 Å². The van der Waals surface area contributed by atoms with Crippen LogP contribution in [0, 0.1) is 5.92 Å². The number of amides is 2. The second kappa shape index (κ2) is 9.18. The van der Waals surface area contributed by atoms with Crippen molar-refractivity contribution in [2.75, 3.05) is 31.0 Å². The van der Waals surface area contributed by atoms with Crippen LogP contribution >= 0.6 is 11.3 Å². The van der Waals surface area contributed by atoms with E-state index < -0.39 is 11.9 Å². The molecular weight excluding hydrogens is 470 g/mol. The Labute approximate surface area is 204 Å². The Morgan fingerprint density at radius 2 is 1.97 bits per heavy atom. The molecule has 1 atom stereocenters. The number of thiazole rings is 1. The SMILES string of the molecule is COC(=O)c1ccccc1N1CC(C(=O)Nc2nc3scc(-c4cccc(OC)c4)n3n2)CC1=O. The van der Waals surface area contributed by atoms with Crippen LogP contribution in [0.25, 0.3) is 16.2 Å². The number of hydrogen-bond acceptors (Lipinski definition) is 8. The largest absolute Gasteiger partial charge is 0.497 e. The monoisotopic (exact) mass is 491 g/mol. The van der Waals surface area contributed by atoms with Crippen molar-refractivity contribution in [3.05, 3.63) is 59.5 Å². The molecule has 0 aliphatic carbocycles. The quantitative estimate of drug-likeness (QED) is 0.412. The first-order valence-electron chi connectivity index (χ1n) is 10.8. The first-order chi connectivity index (χ1) is 17.0. The molecule has 2 amide bonds. The van der Waals surface area contributed by atoms with Crippen molar-refractivity contribution in [3.63, 3.8) is 0 Å². The molecule has 2 aromatic carbocycles. The molecule has 1 unspecified atom stereocenters. The average Bonchev–Trinajstić information content (AvgIpc) is 3.57. The van der Waals surface area contributed by atoms with Gasteiger partial charge in [-0.3, -0.25) is 14.9 Å². The normalized spacial score (nSPS) is 15.4. The topological polar surface area (TPSA) is 115 Å². The van der Waals surface area contributed by atoms with Gasteiger partial charge < -0.3 is 14.4 Å². The second-order valence-corrected chi connectivity index (χ2v) is 8.72. The first kappa shape index (κ1) is 22.5. The lowest BCUT2D eigenvalue weighted by Gasteiger charge is -2.19. The maximum Gasteiger partial charge on any atom is 0.339 e. The molecule has 2 aromatic heterocycles. The van der Waals surface area contributed by atoms with E-state index in [1.165, 1.54) is 23.3 Å². The van der Waals surface area contributed by atoms with Gasteiger partial charge in [0, 0.05) is 23.9 Å². The van der Waals surface area contributed by atoms with Gasteiger partial charge in [-0.15, -0.1) is 16.4 Å². The molecular formula is C24H21N5O5S. The summed E-state index contributed by atoms with van der Waals surface area (Å²) < 4.78 is 11.8. The van der Waals surface area contributed by atoms with E-state index in [1.807, 2.05) is 29.6 Å². The predicted octanol–water partition coefficient (Wildman–Crippen LogP) is 3.24. The Balaban J connectivity index is 1.34. The van der Waals surface area contributed by atoms with E-state index in [-0.39, 0.29) is 36.3 Å². The molecule has 5 rings (SSSR count). The molecule has 1 saturated heterocycles. The van der Waals surface area contributed by atoms with E-state index in [4.69, 9.17) is 9.47 Å². The zero-order valence-corrected chi connectivity index (χ0v) is 19.7. The van der Waals surface area contributed by atoms with E-state index in [9.17, 15) is 14.4 Å². The van der Waals surface area contributed by atoms with E-state index in [0.29, 0.717) is 10.6 Å². The molecule has 3 heterocycles. The minimum absolute atomic E-state index is 0.0125. The van der Waals surface area contributed by atoms with E-state index in [1.54, 1.807) is 35.9 Å². The van der Waals surface area contributed by atoms with Crippen molar-refractivity contribution in [2.24, 2.45) is 5.92 Å². The summed E-state index contributed by atoms with van der Waals surface area (Å²) in [4.78, 5) is 44.3. The molecule has 1 aliphatic heterocycles. The number of rotatable bonds is 6. The van der Waals surface area contributed by atoms with Crippen molar-refractivity contribution in [1.82, 2.24) is 14.6 Å². The Bertz CT molecular complexity index is 1450. The van der Waals surface area contributed by atoms with Gasteiger partial charge >= 0.3 is 5.97 Å². The highest BCUT2D eigenvalue weighted by Gasteiger charge is 2.37. The molecule has 0 saturated carbocycles. The third kappa shape index (κ3) is 4.21. The van der Waals surface area contributed by atoms with Crippen LogP contribution in [0.3, 0.4) is 0 Å². The van der Waals surface area contributed by atoms with Crippen LogP contribution in [0.15, 0.2) is 53.9 Å².